The molecule has 96 valence electrons. The fourth-order valence-corrected chi connectivity index (χ4v) is 2.28. The van der Waals surface area contributed by atoms with Crippen molar-refractivity contribution in [2.24, 2.45) is 0 Å². The SMILES string of the molecule is CCOC1CCCN(CCCNC(C)C)C1. The molecule has 0 aromatic heterocycles. The summed E-state index contributed by atoms with van der Waals surface area (Å²) >= 11 is 0. The zero-order valence-electron chi connectivity index (χ0n) is 11.2. The predicted molar refractivity (Wildman–Crippen MR) is 68.8 cm³/mol. The van der Waals surface area contributed by atoms with Crippen LogP contribution in [0.25, 0.3) is 0 Å². The summed E-state index contributed by atoms with van der Waals surface area (Å²) in [6, 6.07) is 0.609. The second kappa shape index (κ2) is 8.04. The molecule has 1 heterocycles. The van der Waals surface area contributed by atoms with Gasteiger partial charge < -0.3 is 15.0 Å². The fourth-order valence-electron chi connectivity index (χ4n) is 2.28. The molecular formula is C13H28N2O. The number of ether oxygens (including phenoxy) is 1. The number of likely N-dealkylation sites (tertiary alicyclic amines) is 1. The average molecular weight is 228 g/mol. The van der Waals surface area contributed by atoms with Gasteiger partial charge in [0.05, 0.1) is 6.10 Å². The van der Waals surface area contributed by atoms with Gasteiger partial charge in [-0.3, -0.25) is 0 Å². The number of nitrogens with zero attached hydrogens (tertiary/aromatic N) is 1. The molecule has 0 spiro atoms. The lowest BCUT2D eigenvalue weighted by Gasteiger charge is -2.32. The van der Waals surface area contributed by atoms with Gasteiger partial charge in [-0.2, -0.15) is 0 Å². The molecule has 0 amide bonds. The van der Waals surface area contributed by atoms with Gasteiger partial charge in [0.25, 0.3) is 0 Å². The van der Waals surface area contributed by atoms with Crippen molar-refractivity contribution in [1.29, 1.82) is 0 Å². The van der Waals surface area contributed by atoms with Gasteiger partial charge in [0.1, 0.15) is 0 Å². The highest BCUT2D eigenvalue weighted by molar-refractivity contribution is 4.73. The Bertz CT molecular complexity index is 171. The predicted octanol–water partition coefficient (Wildman–Crippen LogP) is 1.88. The first-order valence-corrected chi connectivity index (χ1v) is 6.79. The van der Waals surface area contributed by atoms with Crippen molar-refractivity contribution in [3.05, 3.63) is 0 Å². The minimum atomic E-state index is 0.483. The third kappa shape index (κ3) is 5.83. The normalized spacial score (nSPS) is 22.9. The topological polar surface area (TPSA) is 24.5 Å². The zero-order chi connectivity index (χ0) is 11.8. The van der Waals surface area contributed by atoms with Gasteiger partial charge in [0, 0.05) is 19.2 Å². The van der Waals surface area contributed by atoms with Crippen molar-refractivity contribution in [1.82, 2.24) is 10.2 Å². The van der Waals surface area contributed by atoms with E-state index in [2.05, 4.69) is 31.0 Å². The van der Waals surface area contributed by atoms with Crippen molar-refractivity contribution in [2.75, 3.05) is 32.8 Å². The van der Waals surface area contributed by atoms with Gasteiger partial charge in [-0.15, -0.1) is 0 Å². The number of nitrogens with one attached hydrogen (secondary N) is 1. The van der Waals surface area contributed by atoms with E-state index >= 15 is 0 Å². The van der Waals surface area contributed by atoms with Gasteiger partial charge in [-0.05, 0) is 45.8 Å². The molecule has 16 heavy (non-hydrogen) atoms. The summed E-state index contributed by atoms with van der Waals surface area (Å²) in [5.41, 5.74) is 0. The Morgan fingerprint density at radius 1 is 1.44 bits per heavy atom. The molecule has 0 aliphatic carbocycles. The van der Waals surface area contributed by atoms with E-state index in [1.807, 2.05) is 0 Å². The third-order valence-corrected chi connectivity index (χ3v) is 3.07. The van der Waals surface area contributed by atoms with Gasteiger partial charge in [0.2, 0.25) is 0 Å². The second-order valence-corrected chi connectivity index (χ2v) is 4.98. The van der Waals surface area contributed by atoms with Crippen molar-refractivity contribution in [3.63, 3.8) is 0 Å². The minimum Gasteiger partial charge on any atom is -0.377 e. The first kappa shape index (κ1) is 13.9. The van der Waals surface area contributed by atoms with Gasteiger partial charge in [0.15, 0.2) is 0 Å². The van der Waals surface area contributed by atoms with Crippen LogP contribution in [-0.4, -0.2) is 49.8 Å². The van der Waals surface area contributed by atoms with Crippen LogP contribution < -0.4 is 5.32 Å². The van der Waals surface area contributed by atoms with Crippen LogP contribution >= 0.6 is 0 Å². The van der Waals surface area contributed by atoms with E-state index < -0.39 is 0 Å². The van der Waals surface area contributed by atoms with Gasteiger partial charge >= 0.3 is 0 Å². The summed E-state index contributed by atoms with van der Waals surface area (Å²) in [5.74, 6) is 0. The summed E-state index contributed by atoms with van der Waals surface area (Å²) in [6.45, 7) is 12.1. The number of hydrogen-bond donors (Lipinski definition) is 1. The molecule has 1 N–H and O–H groups in total. The number of piperidine rings is 1. The summed E-state index contributed by atoms with van der Waals surface area (Å²) in [5, 5.41) is 3.46. The summed E-state index contributed by atoms with van der Waals surface area (Å²) in [4.78, 5) is 2.55. The van der Waals surface area contributed by atoms with E-state index in [1.54, 1.807) is 0 Å². The lowest BCUT2D eigenvalue weighted by molar-refractivity contribution is 0.00574. The third-order valence-electron chi connectivity index (χ3n) is 3.07. The van der Waals surface area contributed by atoms with E-state index in [-0.39, 0.29) is 0 Å². The smallest absolute Gasteiger partial charge is 0.0702 e. The highest BCUT2D eigenvalue weighted by atomic mass is 16.5. The number of hydrogen-bond acceptors (Lipinski definition) is 3. The Hall–Kier alpha value is -0.120. The van der Waals surface area contributed by atoms with Crippen LogP contribution in [0.3, 0.4) is 0 Å². The molecule has 0 radical (unpaired) electrons. The molecule has 0 aromatic rings. The maximum atomic E-state index is 5.70. The van der Waals surface area contributed by atoms with Crippen LogP contribution in [0.15, 0.2) is 0 Å². The van der Waals surface area contributed by atoms with E-state index in [9.17, 15) is 0 Å². The molecule has 1 aliphatic rings. The molecule has 1 rings (SSSR count). The summed E-state index contributed by atoms with van der Waals surface area (Å²) < 4.78 is 5.70. The van der Waals surface area contributed by atoms with Gasteiger partial charge in [-0.1, -0.05) is 13.8 Å². The molecular weight excluding hydrogens is 200 g/mol. The Morgan fingerprint density at radius 2 is 2.25 bits per heavy atom. The Labute approximate surface area is 101 Å². The van der Waals surface area contributed by atoms with Crippen LogP contribution in [0.1, 0.15) is 40.0 Å². The average Bonchev–Trinajstić information content (AvgIpc) is 2.25. The van der Waals surface area contributed by atoms with Crippen molar-refractivity contribution in [2.45, 2.75) is 52.2 Å². The van der Waals surface area contributed by atoms with Crippen LogP contribution in [-0.2, 0) is 4.74 Å². The summed E-state index contributed by atoms with van der Waals surface area (Å²) in [6.07, 6.45) is 4.27. The number of rotatable bonds is 7. The van der Waals surface area contributed by atoms with Crippen LogP contribution in [0.2, 0.25) is 0 Å². The molecule has 1 unspecified atom stereocenters. The first-order valence-electron chi connectivity index (χ1n) is 6.79. The lowest BCUT2D eigenvalue weighted by Crippen LogP contribution is -2.41. The molecule has 0 bridgehead atoms. The molecule has 1 aliphatic heterocycles. The van der Waals surface area contributed by atoms with E-state index in [4.69, 9.17) is 4.74 Å². The molecule has 1 atom stereocenters. The fraction of sp³-hybridized carbons (Fsp3) is 1.00. The minimum absolute atomic E-state index is 0.483. The van der Waals surface area contributed by atoms with Crippen LogP contribution in [0, 0.1) is 0 Å². The Kier molecular flexibility index (Phi) is 7.01. The zero-order valence-corrected chi connectivity index (χ0v) is 11.2. The standard InChI is InChI=1S/C13H28N2O/c1-4-16-13-7-5-9-15(11-13)10-6-8-14-12(2)3/h12-14H,4-11H2,1-3H3. The summed E-state index contributed by atoms with van der Waals surface area (Å²) in [7, 11) is 0. The first-order chi connectivity index (χ1) is 7.72. The maximum absolute atomic E-state index is 5.70. The second-order valence-electron chi connectivity index (χ2n) is 4.98. The van der Waals surface area contributed by atoms with E-state index in [1.165, 1.54) is 32.4 Å². The molecule has 0 saturated carbocycles. The highest BCUT2D eigenvalue weighted by Crippen LogP contribution is 2.13. The Balaban J connectivity index is 2.07. The quantitative estimate of drug-likeness (QED) is 0.673. The molecule has 3 heteroatoms. The van der Waals surface area contributed by atoms with Gasteiger partial charge in [-0.25, -0.2) is 0 Å². The van der Waals surface area contributed by atoms with Crippen LogP contribution in [0.4, 0.5) is 0 Å². The van der Waals surface area contributed by atoms with Crippen molar-refractivity contribution in [3.8, 4) is 0 Å². The highest BCUT2D eigenvalue weighted by Gasteiger charge is 2.19. The maximum Gasteiger partial charge on any atom is 0.0702 e. The lowest BCUT2D eigenvalue weighted by atomic mass is 10.1. The van der Waals surface area contributed by atoms with Crippen molar-refractivity contribution < 1.29 is 4.74 Å². The molecule has 1 saturated heterocycles. The molecule has 3 nitrogen and oxygen atoms in total. The monoisotopic (exact) mass is 228 g/mol. The molecule has 0 aromatic carbocycles. The van der Waals surface area contributed by atoms with E-state index in [0.717, 1.165) is 19.7 Å². The molecule has 1 fully saturated rings. The van der Waals surface area contributed by atoms with Crippen LogP contribution in [0.5, 0.6) is 0 Å². The largest absolute Gasteiger partial charge is 0.377 e. The van der Waals surface area contributed by atoms with E-state index in [0.29, 0.717) is 12.1 Å². The van der Waals surface area contributed by atoms with Crippen molar-refractivity contribution >= 4 is 0 Å². The Morgan fingerprint density at radius 3 is 2.94 bits per heavy atom.